The van der Waals surface area contributed by atoms with Gasteiger partial charge in [-0.1, -0.05) is 0 Å². The number of aromatic nitrogens is 2. The van der Waals surface area contributed by atoms with E-state index in [2.05, 4.69) is 54.6 Å². The molecule has 0 atom stereocenters. The second-order valence-corrected chi connectivity index (χ2v) is 6.31. The van der Waals surface area contributed by atoms with Crippen molar-refractivity contribution >= 4 is 0 Å². The van der Waals surface area contributed by atoms with Crippen molar-refractivity contribution in [1.82, 2.24) is 0 Å². The summed E-state index contributed by atoms with van der Waals surface area (Å²) in [7, 11) is -4.94. The molecule has 18 heavy (non-hydrogen) atoms. The molecule has 98 valence electrons. The van der Waals surface area contributed by atoms with Crippen LogP contribution in [-0.2, 0) is 0 Å². The minimum absolute atomic E-state index is 0.138. The predicted octanol–water partition coefficient (Wildman–Crippen LogP) is -7.18. The number of pyridine rings is 2. The molecule has 0 aliphatic rings. The molecule has 0 saturated heterocycles. The first-order valence-corrected chi connectivity index (χ1v) is 7.82. The molecule has 0 N–H and O–H groups in total. The molecule has 0 aliphatic carbocycles. The van der Waals surface area contributed by atoms with Crippen molar-refractivity contribution in [2.45, 2.75) is 0 Å². The Morgan fingerprint density at radius 3 is 1.17 bits per heavy atom. The summed E-state index contributed by atoms with van der Waals surface area (Å²) in [5.41, 5.74) is 0. The molecule has 2 heterocycles. The van der Waals surface area contributed by atoms with Crippen molar-refractivity contribution in [3.8, 4) is 0 Å². The maximum atomic E-state index is 8.49. The van der Waals surface area contributed by atoms with Gasteiger partial charge in [-0.3, -0.25) is 0 Å². The summed E-state index contributed by atoms with van der Waals surface area (Å²) in [6.45, 7) is 0. The third-order valence-corrected chi connectivity index (χ3v) is 3.82. The summed E-state index contributed by atoms with van der Waals surface area (Å²) in [6.07, 6.45) is 8.42. The molecule has 2 aromatic heterocycles. The van der Waals surface area contributed by atoms with Crippen LogP contribution in [0.2, 0.25) is 0 Å². The molecular formula is C10H10ClIN2O4. The van der Waals surface area contributed by atoms with E-state index in [1.165, 1.54) is 0 Å². The van der Waals surface area contributed by atoms with Crippen LogP contribution < -0.4 is 45.9 Å². The summed E-state index contributed by atoms with van der Waals surface area (Å²) in [5.74, 6) is 0. The first kappa shape index (κ1) is 15.2. The fourth-order valence-corrected chi connectivity index (χ4v) is 2.85. The first-order chi connectivity index (χ1) is 8.45. The van der Waals surface area contributed by atoms with E-state index in [1.807, 2.05) is 12.1 Å². The molecule has 0 aromatic carbocycles. The van der Waals surface area contributed by atoms with E-state index in [0.29, 0.717) is 0 Å². The summed E-state index contributed by atoms with van der Waals surface area (Å²) in [5, 5.41) is 0. The number of rotatable bonds is 2. The second-order valence-electron chi connectivity index (χ2n) is 2.89. The fraction of sp³-hybridized carbons (Fsp3) is 0. The summed E-state index contributed by atoms with van der Waals surface area (Å²) in [4.78, 5) is 0. The van der Waals surface area contributed by atoms with E-state index < -0.39 is 10.2 Å². The molecule has 0 amide bonds. The molecule has 0 unspecified atom stereocenters. The van der Waals surface area contributed by atoms with Crippen LogP contribution >= 0.6 is 0 Å². The van der Waals surface area contributed by atoms with Gasteiger partial charge in [-0.15, -0.1) is 10.2 Å². The molecule has 0 radical (unpaired) electrons. The zero-order valence-corrected chi connectivity index (χ0v) is 12.0. The molecule has 8 heteroatoms. The number of halogens is 2. The van der Waals surface area contributed by atoms with Gasteiger partial charge >= 0.3 is 88.5 Å². The van der Waals surface area contributed by atoms with E-state index in [9.17, 15) is 0 Å². The van der Waals surface area contributed by atoms with Gasteiger partial charge in [-0.2, -0.15) is 0 Å². The van der Waals surface area contributed by atoms with Gasteiger partial charge in [0.05, 0.1) is 0 Å². The summed E-state index contributed by atoms with van der Waals surface area (Å²) >= 11 is -0.138. The third kappa shape index (κ3) is 8.28. The molecule has 0 spiro atoms. The van der Waals surface area contributed by atoms with Gasteiger partial charge in [-0.05, 0) is 0 Å². The Balaban J connectivity index is 0.000000280. The average molecular weight is 385 g/mol. The van der Waals surface area contributed by atoms with Gasteiger partial charge in [0.15, 0.2) is 0 Å². The predicted molar refractivity (Wildman–Crippen MR) is 44.1 cm³/mol. The number of hydrogen-bond donors (Lipinski definition) is 0. The number of nitrogens with zero attached hydrogens (tertiary/aromatic N) is 2. The molecule has 0 fully saturated rings. The zero-order valence-electron chi connectivity index (χ0n) is 9.06. The van der Waals surface area contributed by atoms with Crippen LogP contribution in [0.4, 0.5) is 0 Å². The van der Waals surface area contributed by atoms with Gasteiger partial charge in [0.25, 0.3) is 0 Å². The fourth-order valence-electron chi connectivity index (χ4n) is 0.957. The van der Waals surface area contributed by atoms with Gasteiger partial charge in [0.2, 0.25) is 0 Å². The van der Waals surface area contributed by atoms with Crippen LogP contribution in [0.25, 0.3) is 0 Å². The first-order valence-electron chi connectivity index (χ1n) is 4.65. The zero-order chi connectivity index (χ0) is 13.4. The van der Waals surface area contributed by atoms with Crippen LogP contribution in [0, 0.1) is 10.2 Å². The van der Waals surface area contributed by atoms with Crippen LogP contribution in [0.15, 0.2) is 61.2 Å². The minimum atomic E-state index is -4.94. The van der Waals surface area contributed by atoms with E-state index in [-0.39, 0.29) is 21.8 Å². The topological polar surface area (TPSA) is 100 Å². The van der Waals surface area contributed by atoms with Crippen molar-refractivity contribution in [3.05, 3.63) is 61.2 Å². The van der Waals surface area contributed by atoms with Crippen LogP contribution in [0.3, 0.4) is 0 Å². The molecule has 0 saturated carbocycles. The summed E-state index contributed by atoms with van der Waals surface area (Å²) in [6, 6.07) is 12.3. The van der Waals surface area contributed by atoms with Crippen molar-refractivity contribution in [1.29, 1.82) is 0 Å². The Bertz CT molecular complexity index is 409. The Morgan fingerprint density at radius 2 is 0.889 bits per heavy atom. The van der Waals surface area contributed by atoms with Gasteiger partial charge in [-0.25, -0.2) is 18.6 Å². The third-order valence-electron chi connectivity index (χ3n) is 1.53. The Labute approximate surface area is 117 Å². The van der Waals surface area contributed by atoms with Crippen LogP contribution in [0.5, 0.6) is 0 Å². The van der Waals surface area contributed by atoms with Crippen LogP contribution in [-0.4, -0.2) is 0 Å². The Kier molecular flexibility index (Phi) is 6.39. The molecular weight excluding hydrogens is 374 g/mol. The normalized spacial score (nSPS) is 10.7. The van der Waals surface area contributed by atoms with E-state index in [4.69, 9.17) is 18.6 Å². The Hall–Kier alpha value is -0.840. The van der Waals surface area contributed by atoms with Crippen molar-refractivity contribution < 1.29 is 56.2 Å². The average Bonchev–Trinajstić information content (AvgIpc) is 2.29. The van der Waals surface area contributed by atoms with E-state index in [0.717, 1.165) is 0 Å². The molecule has 2 aromatic rings. The van der Waals surface area contributed by atoms with E-state index >= 15 is 0 Å². The maximum absolute atomic E-state index is 8.49. The standard InChI is InChI=1S/C10H10IN2.ClHO4/c1-3-7-12(8-4-1)11-13-9-5-2-6-10-13;2-1(3,4)5/h1-10H;(H,2,3,4,5)/q+1;/p-1. The molecule has 0 aliphatic heterocycles. The van der Waals surface area contributed by atoms with E-state index in [1.54, 1.807) is 0 Å². The van der Waals surface area contributed by atoms with Gasteiger partial charge < -0.3 is 0 Å². The SMILES string of the molecule is [O-][Cl+3]([O-])([O-])[O-].c1cc[n+]([I-][n+]2ccccc2)cc1. The van der Waals surface area contributed by atoms with Crippen molar-refractivity contribution in [3.63, 3.8) is 0 Å². The van der Waals surface area contributed by atoms with Gasteiger partial charge in [0, 0.05) is 0 Å². The summed E-state index contributed by atoms with van der Waals surface area (Å²) < 4.78 is 38.4. The quantitative estimate of drug-likeness (QED) is 0.480. The van der Waals surface area contributed by atoms with Crippen molar-refractivity contribution in [2.75, 3.05) is 0 Å². The van der Waals surface area contributed by atoms with Gasteiger partial charge in [0.1, 0.15) is 0 Å². The van der Waals surface area contributed by atoms with Crippen LogP contribution in [0.1, 0.15) is 0 Å². The van der Waals surface area contributed by atoms with Crippen molar-refractivity contribution in [2.24, 2.45) is 0 Å². The number of hydrogen-bond acceptors (Lipinski definition) is 4. The molecule has 2 rings (SSSR count). The molecule has 6 nitrogen and oxygen atoms in total. The second kappa shape index (κ2) is 7.56. The monoisotopic (exact) mass is 384 g/mol. The Morgan fingerprint density at radius 1 is 0.611 bits per heavy atom. The molecule has 0 bridgehead atoms.